The molecule has 3 rings (SSSR count). The van der Waals surface area contributed by atoms with Gasteiger partial charge in [-0.1, -0.05) is 24.3 Å². The molecule has 0 spiro atoms. The minimum atomic E-state index is -0.530. The summed E-state index contributed by atoms with van der Waals surface area (Å²) in [6.07, 6.45) is 0. The van der Waals surface area contributed by atoms with E-state index < -0.39 is 11.9 Å². The second-order valence-corrected chi connectivity index (χ2v) is 5.48. The van der Waals surface area contributed by atoms with E-state index in [2.05, 4.69) is 0 Å². The van der Waals surface area contributed by atoms with Crippen LogP contribution in [0.3, 0.4) is 0 Å². The summed E-state index contributed by atoms with van der Waals surface area (Å²) in [4.78, 5) is 24.6. The highest BCUT2D eigenvalue weighted by Gasteiger charge is 2.22. The van der Waals surface area contributed by atoms with E-state index in [1.807, 2.05) is 30.3 Å². The van der Waals surface area contributed by atoms with Crippen LogP contribution in [-0.4, -0.2) is 35.4 Å². The molecule has 0 aliphatic heterocycles. The van der Waals surface area contributed by atoms with Crippen molar-refractivity contribution in [2.75, 3.05) is 19.1 Å². The summed E-state index contributed by atoms with van der Waals surface area (Å²) in [6, 6.07) is 12.8. The second-order valence-electron chi connectivity index (χ2n) is 5.10. The van der Waals surface area contributed by atoms with E-state index in [1.54, 1.807) is 17.4 Å². The Morgan fingerprint density at radius 2 is 1.83 bits per heavy atom. The molecule has 0 saturated heterocycles. The van der Waals surface area contributed by atoms with Crippen LogP contribution in [0.1, 0.15) is 27.8 Å². The van der Waals surface area contributed by atoms with Crippen LogP contribution >= 0.6 is 11.6 Å². The van der Waals surface area contributed by atoms with Gasteiger partial charge in [0.2, 0.25) is 0 Å². The first-order valence-electron chi connectivity index (χ1n) is 7.60. The van der Waals surface area contributed by atoms with Crippen LogP contribution in [0.25, 0.3) is 16.4 Å². The third kappa shape index (κ3) is 2.83. The number of pyridine rings is 1. The Labute approximate surface area is 143 Å². The van der Waals surface area contributed by atoms with Gasteiger partial charge in [0.05, 0.1) is 29.1 Å². The Morgan fingerprint density at radius 3 is 2.58 bits per heavy atom. The Bertz CT molecular complexity index is 916. The zero-order chi connectivity index (χ0) is 17.1. The van der Waals surface area contributed by atoms with E-state index in [1.165, 1.54) is 6.07 Å². The zero-order valence-electron chi connectivity index (χ0n) is 13.1. The molecule has 0 fully saturated rings. The van der Waals surface area contributed by atoms with E-state index >= 15 is 0 Å². The molecular formula is C18H16ClNO4. The molecule has 0 radical (unpaired) electrons. The summed E-state index contributed by atoms with van der Waals surface area (Å²) >= 11 is 5.59. The van der Waals surface area contributed by atoms with E-state index in [0.29, 0.717) is 11.1 Å². The number of carbonyl (C=O) groups is 2. The number of esters is 2. The zero-order valence-corrected chi connectivity index (χ0v) is 13.9. The summed E-state index contributed by atoms with van der Waals surface area (Å²) in [5.41, 5.74) is 2.02. The van der Waals surface area contributed by atoms with Gasteiger partial charge in [-0.25, -0.2) is 9.59 Å². The van der Waals surface area contributed by atoms with Gasteiger partial charge in [-0.3, -0.25) is 0 Å². The van der Waals surface area contributed by atoms with Crippen molar-refractivity contribution in [2.45, 2.75) is 6.92 Å². The van der Waals surface area contributed by atoms with Crippen molar-refractivity contribution < 1.29 is 19.1 Å². The number of aromatic nitrogens is 1. The molecule has 2 aromatic heterocycles. The smallest absolute Gasteiger partial charge is 0.355 e. The number of nitrogens with zero attached hydrogens (tertiary/aromatic N) is 1. The van der Waals surface area contributed by atoms with Crippen molar-refractivity contribution in [3.63, 3.8) is 0 Å². The van der Waals surface area contributed by atoms with E-state index in [9.17, 15) is 9.59 Å². The highest BCUT2D eigenvalue weighted by Crippen LogP contribution is 2.25. The number of rotatable bonds is 5. The lowest BCUT2D eigenvalue weighted by molar-refractivity contribution is 0.0520. The lowest BCUT2D eigenvalue weighted by Gasteiger charge is -2.07. The Kier molecular flexibility index (Phi) is 4.71. The van der Waals surface area contributed by atoms with Crippen molar-refractivity contribution in [2.24, 2.45) is 0 Å². The molecule has 6 heteroatoms. The Hall–Kier alpha value is -2.53. The summed E-state index contributed by atoms with van der Waals surface area (Å²) < 4.78 is 12.0. The second kappa shape index (κ2) is 6.93. The maximum atomic E-state index is 12.4. The predicted molar refractivity (Wildman–Crippen MR) is 91.9 cm³/mol. The molecule has 5 nitrogen and oxygen atoms in total. The highest BCUT2D eigenvalue weighted by atomic mass is 35.5. The van der Waals surface area contributed by atoms with Crippen LogP contribution < -0.4 is 0 Å². The lowest BCUT2D eigenvalue weighted by Crippen LogP contribution is -2.10. The van der Waals surface area contributed by atoms with Crippen LogP contribution in [0.2, 0.25) is 0 Å². The minimum absolute atomic E-state index is 0.104. The van der Waals surface area contributed by atoms with Crippen LogP contribution in [-0.2, 0) is 9.47 Å². The van der Waals surface area contributed by atoms with Crippen LogP contribution in [0.5, 0.6) is 0 Å². The highest BCUT2D eigenvalue weighted by molar-refractivity contribution is 6.18. The standard InChI is InChI=1S/C18H16ClNO4/c1-2-23-17(21)13-11-16(18(22)24-10-9-19)20-14-6-4-3-5-12(14)7-8-15(13)20/h3-8,11H,2,9-10H2,1H3. The SMILES string of the molecule is CCOC(=O)c1cc(C(=O)OCCCl)n2c1ccc1ccccc12. The first-order chi connectivity index (χ1) is 11.7. The van der Waals surface area contributed by atoms with Crippen molar-refractivity contribution in [3.8, 4) is 0 Å². The average molecular weight is 346 g/mol. The molecule has 3 aromatic rings. The number of ether oxygens (including phenoxy) is 2. The first-order valence-corrected chi connectivity index (χ1v) is 8.14. The number of hydrogen-bond acceptors (Lipinski definition) is 4. The molecular weight excluding hydrogens is 330 g/mol. The molecule has 0 N–H and O–H groups in total. The molecule has 0 aliphatic carbocycles. The van der Waals surface area contributed by atoms with Gasteiger partial charge in [0.1, 0.15) is 12.3 Å². The number of benzene rings is 1. The van der Waals surface area contributed by atoms with Gasteiger partial charge in [-0.15, -0.1) is 11.6 Å². The summed E-state index contributed by atoms with van der Waals surface area (Å²) in [7, 11) is 0. The molecule has 1 aromatic carbocycles. The number of carbonyl (C=O) groups excluding carboxylic acids is 2. The van der Waals surface area contributed by atoms with Crippen molar-refractivity contribution in [1.82, 2.24) is 4.40 Å². The van der Waals surface area contributed by atoms with Crippen LogP contribution in [0.4, 0.5) is 0 Å². The number of para-hydroxylation sites is 1. The van der Waals surface area contributed by atoms with E-state index in [4.69, 9.17) is 21.1 Å². The first kappa shape index (κ1) is 16.3. The third-order valence-electron chi connectivity index (χ3n) is 3.65. The van der Waals surface area contributed by atoms with E-state index in [0.717, 1.165) is 10.9 Å². The van der Waals surface area contributed by atoms with E-state index in [-0.39, 0.29) is 24.8 Å². The van der Waals surface area contributed by atoms with Gasteiger partial charge in [-0.05, 0) is 30.5 Å². The predicted octanol–water partition coefficient (Wildman–Crippen LogP) is 3.66. The van der Waals surface area contributed by atoms with Crippen LogP contribution in [0, 0.1) is 0 Å². The number of hydrogen-bond donors (Lipinski definition) is 0. The lowest BCUT2D eigenvalue weighted by atomic mass is 10.2. The van der Waals surface area contributed by atoms with Crippen molar-refractivity contribution in [3.05, 3.63) is 53.7 Å². The quantitative estimate of drug-likeness (QED) is 0.523. The fourth-order valence-electron chi connectivity index (χ4n) is 2.68. The van der Waals surface area contributed by atoms with Gasteiger partial charge in [0.25, 0.3) is 0 Å². The normalized spacial score (nSPS) is 10.9. The molecule has 0 amide bonds. The third-order valence-corrected chi connectivity index (χ3v) is 3.81. The summed E-state index contributed by atoms with van der Waals surface area (Å²) in [5.74, 6) is -0.792. The minimum Gasteiger partial charge on any atom is -0.462 e. The molecule has 24 heavy (non-hydrogen) atoms. The maximum absolute atomic E-state index is 12.4. The number of alkyl halides is 1. The van der Waals surface area contributed by atoms with Crippen LogP contribution in [0.15, 0.2) is 42.5 Å². The average Bonchev–Trinajstić information content (AvgIpc) is 3.00. The largest absolute Gasteiger partial charge is 0.462 e. The number of fused-ring (bicyclic) bond motifs is 3. The Balaban J connectivity index is 2.26. The fourth-order valence-corrected chi connectivity index (χ4v) is 2.76. The summed E-state index contributed by atoms with van der Waals surface area (Å²) in [5, 5.41) is 0.947. The molecule has 0 unspecified atom stereocenters. The van der Waals surface area contributed by atoms with Gasteiger partial charge in [0, 0.05) is 0 Å². The van der Waals surface area contributed by atoms with Gasteiger partial charge < -0.3 is 13.9 Å². The number of halogens is 1. The van der Waals surface area contributed by atoms with Gasteiger partial charge in [0.15, 0.2) is 0 Å². The Morgan fingerprint density at radius 1 is 1.04 bits per heavy atom. The van der Waals surface area contributed by atoms with Crippen molar-refractivity contribution in [1.29, 1.82) is 0 Å². The van der Waals surface area contributed by atoms with Gasteiger partial charge >= 0.3 is 11.9 Å². The fraction of sp³-hybridized carbons (Fsp3) is 0.222. The molecule has 0 bridgehead atoms. The molecule has 124 valence electrons. The topological polar surface area (TPSA) is 57.0 Å². The summed E-state index contributed by atoms with van der Waals surface area (Å²) in [6.45, 7) is 2.10. The molecule has 2 heterocycles. The monoisotopic (exact) mass is 345 g/mol. The molecule has 0 saturated carbocycles. The van der Waals surface area contributed by atoms with Gasteiger partial charge in [-0.2, -0.15) is 0 Å². The van der Waals surface area contributed by atoms with Crippen molar-refractivity contribution >= 4 is 40.0 Å². The molecule has 0 atom stereocenters. The molecule has 0 aliphatic rings. The maximum Gasteiger partial charge on any atom is 0.355 e.